The number of benzene rings is 1. The van der Waals surface area contributed by atoms with Crippen molar-refractivity contribution in [1.29, 1.82) is 0 Å². The molecule has 2 rings (SSSR count). The third-order valence-corrected chi connectivity index (χ3v) is 4.50. The zero-order valence-corrected chi connectivity index (χ0v) is 13.9. The summed E-state index contributed by atoms with van der Waals surface area (Å²) in [6, 6.07) is 8.29. The van der Waals surface area contributed by atoms with Crippen molar-refractivity contribution >= 4 is 11.3 Å². The van der Waals surface area contributed by atoms with Gasteiger partial charge in [-0.2, -0.15) is 0 Å². The molecule has 0 saturated heterocycles. The van der Waals surface area contributed by atoms with Crippen LogP contribution in [0.15, 0.2) is 29.6 Å². The van der Waals surface area contributed by atoms with E-state index in [9.17, 15) is 0 Å². The van der Waals surface area contributed by atoms with Gasteiger partial charge in [0.15, 0.2) is 0 Å². The van der Waals surface area contributed by atoms with Crippen LogP contribution < -0.4 is 10.1 Å². The summed E-state index contributed by atoms with van der Waals surface area (Å²) in [5.74, 6) is 1.51. The number of hydrogen-bond donors (Lipinski definition) is 1. The van der Waals surface area contributed by atoms with Crippen LogP contribution >= 0.6 is 11.3 Å². The van der Waals surface area contributed by atoms with Crippen molar-refractivity contribution in [1.82, 2.24) is 10.3 Å². The van der Waals surface area contributed by atoms with Crippen molar-refractivity contribution in [2.75, 3.05) is 20.2 Å². The van der Waals surface area contributed by atoms with E-state index in [2.05, 4.69) is 41.7 Å². The van der Waals surface area contributed by atoms with Gasteiger partial charge in [0, 0.05) is 17.5 Å². The normalized spacial score (nSPS) is 12.3. The van der Waals surface area contributed by atoms with Gasteiger partial charge in [0.25, 0.3) is 0 Å². The number of ether oxygens (including phenoxy) is 1. The van der Waals surface area contributed by atoms with Crippen molar-refractivity contribution < 1.29 is 4.74 Å². The quantitative estimate of drug-likeness (QED) is 0.811. The molecule has 1 aromatic heterocycles. The van der Waals surface area contributed by atoms with Crippen LogP contribution in [-0.4, -0.2) is 25.2 Å². The predicted octanol–water partition coefficient (Wildman–Crippen LogP) is 3.47. The molecule has 0 amide bonds. The Bertz CT molecular complexity index is 553. The fourth-order valence-corrected chi connectivity index (χ4v) is 3.38. The van der Waals surface area contributed by atoms with Gasteiger partial charge in [-0.05, 0) is 44.0 Å². The lowest BCUT2D eigenvalue weighted by molar-refractivity contribution is 0.400. The number of rotatable bonds is 8. The minimum Gasteiger partial charge on any atom is -0.496 e. The van der Waals surface area contributed by atoms with Crippen LogP contribution in [0, 0.1) is 12.8 Å². The third-order valence-electron chi connectivity index (χ3n) is 3.51. The van der Waals surface area contributed by atoms with Crippen LogP contribution in [0.3, 0.4) is 0 Å². The molecule has 2 aromatic rings. The number of nitrogens with one attached hydrogen (secondary N) is 1. The second kappa shape index (κ2) is 8.15. The van der Waals surface area contributed by atoms with Crippen LogP contribution in [0.2, 0.25) is 0 Å². The fourth-order valence-electron chi connectivity index (χ4n) is 2.49. The van der Waals surface area contributed by atoms with Gasteiger partial charge < -0.3 is 10.1 Å². The Morgan fingerprint density at radius 3 is 2.76 bits per heavy atom. The van der Waals surface area contributed by atoms with Crippen LogP contribution in [0.5, 0.6) is 5.75 Å². The minimum atomic E-state index is 0.534. The first kappa shape index (κ1) is 16.0. The lowest BCUT2D eigenvalue weighted by atomic mass is 9.95. The standard InChI is InChI=1S/C17H24N2OS/c1-4-18-11-14(10-17-19-13(2)12-21-17)9-15-7-5-6-8-16(15)20-3/h5-8,12,14,18H,4,9-11H2,1-3H3. The molecule has 0 aliphatic rings. The van der Waals surface area contributed by atoms with E-state index in [1.54, 1.807) is 18.4 Å². The Hall–Kier alpha value is -1.39. The Labute approximate surface area is 131 Å². The van der Waals surface area contributed by atoms with Gasteiger partial charge in [0.05, 0.1) is 12.1 Å². The molecule has 0 fully saturated rings. The monoisotopic (exact) mass is 304 g/mol. The first-order chi connectivity index (χ1) is 10.2. The molecule has 0 radical (unpaired) electrons. The van der Waals surface area contributed by atoms with Gasteiger partial charge in [-0.1, -0.05) is 25.1 Å². The molecule has 0 spiro atoms. The highest BCUT2D eigenvalue weighted by molar-refractivity contribution is 7.09. The van der Waals surface area contributed by atoms with Crippen molar-refractivity contribution in [2.24, 2.45) is 5.92 Å². The lowest BCUT2D eigenvalue weighted by Gasteiger charge is -2.18. The van der Waals surface area contributed by atoms with Crippen LogP contribution in [-0.2, 0) is 12.8 Å². The molecule has 0 aliphatic heterocycles. The Kier molecular flexibility index (Phi) is 6.21. The van der Waals surface area contributed by atoms with E-state index in [4.69, 9.17) is 4.74 Å². The van der Waals surface area contributed by atoms with Crippen molar-refractivity contribution in [2.45, 2.75) is 26.7 Å². The van der Waals surface area contributed by atoms with Gasteiger partial charge in [-0.25, -0.2) is 4.98 Å². The van der Waals surface area contributed by atoms with Crippen molar-refractivity contribution in [3.8, 4) is 5.75 Å². The number of hydrogen-bond acceptors (Lipinski definition) is 4. The largest absolute Gasteiger partial charge is 0.496 e. The highest BCUT2D eigenvalue weighted by atomic mass is 32.1. The lowest BCUT2D eigenvalue weighted by Crippen LogP contribution is -2.25. The Morgan fingerprint density at radius 2 is 2.10 bits per heavy atom. The van der Waals surface area contributed by atoms with Gasteiger partial charge in [-0.15, -0.1) is 11.3 Å². The molecular weight excluding hydrogens is 280 g/mol. The fraction of sp³-hybridized carbons (Fsp3) is 0.471. The first-order valence-corrected chi connectivity index (χ1v) is 8.34. The average molecular weight is 304 g/mol. The van der Waals surface area contributed by atoms with Crippen LogP contribution in [0.1, 0.15) is 23.2 Å². The van der Waals surface area contributed by atoms with E-state index in [0.717, 1.165) is 37.4 Å². The topological polar surface area (TPSA) is 34.2 Å². The molecule has 0 saturated carbocycles. The second-order valence-corrected chi connectivity index (χ2v) is 6.22. The van der Waals surface area contributed by atoms with E-state index < -0.39 is 0 Å². The number of thiazole rings is 1. The molecule has 0 bridgehead atoms. The molecule has 114 valence electrons. The number of aryl methyl sites for hydroxylation is 1. The van der Waals surface area contributed by atoms with E-state index in [0.29, 0.717) is 5.92 Å². The maximum absolute atomic E-state index is 5.47. The van der Waals surface area contributed by atoms with E-state index >= 15 is 0 Å². The summed E-state index contributed by atoms with van der Waals surface area (Å²) in [4.78, 5) is 4.60. The first-order valence-electron chi connectivity index (χ1n) is 7.46. The maximum atomic E-state index is 5.47. The summed E-state index contributed by atoms with van der Waals surface area (Å²) in [5.41, 5.74) is 2.39. The molecule has 0 aliphatic carbocycles. The number of para-hydroxylation sites is 1. The highest BCUT2D eigenvalue weighted by Crippen LogP contribution is 2.23. The van der Waals surface area contributed by atoms with Gasteiger partial charge in [-0.3, -0.25) is 0 Å². The van der Waals surface area contributed by atoms with Crippen molar-refractivity contribution in [3.05, 3.63) is 45.9 Å². The van der Waals surface area contributed by atoms with E-state index in [1.165, 1.54) is 10.6 Å². The minimum absolute atomic E-state index is 0.534. The molecule has 1 heterocycles. The number of methoxy groups -OCH3 is 1. The van der Waals surface area contributed by atoms with E-state index in [1.807, 2.05) is 12.1 Å². The Balaban J connectivity index is 2.08. The summed E-state index contributed by atoms with van der Waals surface area (Å²) >= 11 is 1.76. The predicted molar refractivity (Wildman–Crippen MR) is 89.3 cm³/mol. The average Bonchev–Trinajstić information content (AvgIpc) is 2.90. The smallest absolute Gasteiger partial charge is 0.122 e. The molecule has 1 unspecified atom stereocenters. The summed E-state index contributed by atoms with van der Waals surface area (Å²) in [6.45, 7) is 6.21. The van der Waals surface area contributed by atoms with Gasteiger partial charge >= 0.3 is 0 Å². The zero-order valence-electron chi connectivity index (χ0n) is 13.1. The number of aromatic nitrogens is 1. The summed E-state index contributed by atoms with van der Waals surface area (Å²) in [5, 5.41) is 6.82. The van der Waals surface area contributed by atoms with Gasteiger partial charge in [0.2, 0.25) is 0 Å². The van der Waals surface area contributed by atoms with Crippen LogP contribution in [0.25, 0.3) is 0 Å². The van der Waals surface area contributed by atoms with Crippen molar-refractivity contribution in [3.63, 3.8) is 0 Å². The molecular formula is C17H24N2OS. The van der Waals surface area contributed by atoms with Crippen LogP contribution in [0.4, 0.5) is 0 Å². The van der Waals surface area contributed by atoms with E-state index in [-0.39, 0.29) is 0 Å². The second-order valence-electron chi connectivity index (χ2n) is 5.28. The molecule has 3 nitrogen and oxygen atoms in total. The molecule has 21 heavy (non-hydrogen) atoms. The molecule has 1 N–H and O–H groups in total. The molecule has 1 aromatic carbocycles. The SMILES string of the molecule is CCNCC(Cc1nc(C)cs1)Cc1ccccc1OC. The van der Waals surface area contributed by atoms with Gasteiger partial charge in [0.1, 0.15) is 5.75 Å². The number of nitrogens with zero attached hydrogens (tertiary/aromatic N) is 1. The third kappa shape index (κ3) is 4.83. The Morgan fingerprint density at radius 1 is 1.29 bits per heavy atom. The molecule has 1 atom stereocenters. The summed E-state index contributed by atoms with van der Waals surface area (Å²) in [7, 11) is 1.74. The maximum Gasteiger partial charge on any atom is 0.122 e. The molecule has 4 heteroatoms. The zero-order chi connectivity index (χ0) is 15.1. The summed E-state index contributed by atoms with van der Waals surface area (Å²) in [6.07, 6.45) is 2.03. The summed E-state index contributed by atoms with van der Waals surface area (Å²) < 4.78 is 5.47. The highest BCUT2D eigenvalue weighted by Gasteiger charge is 2.14.